The molecule has 0 spiro atoms. The standard InChI is InChI=1S/C14H28N2O/c1-13(2)12-17-11-10-15-6-3-7-16(9-8-15)14-4-5-14/h13-14H,3-12H2,1-2H3. The van der Waals surface area contributed by atoms with E-state index in [1.807, 2.05) is 0 Å². The van der Waals surface area contributed by atoms with Crippen molar-refractivity contribution in [2.24, 2.45) is 5.92 Å². The van der Waals surface area contributed by atoms with Gasteiger partial charge in [-0.05, 0) is 38.3 Å². The fourth-order valence-electron chi connectivity index (χ4n) is 2.53. The Hall–Kier alpha value is -0.120. The molecule has 0 bridgehead atoms. The molecule has 2 fully saturated rings. The smallest absolute Gasteiger partial charge is 0.0593 e. The lowest BCUT2D eigenvalue weighted by Gasteiger charge is -2.21. The molecule has 0 radical (unpaired) electrons. The van der Waals surface area contributed by atoms with Crippen LogP contribution in [0.1, 0.15) is 33.1 Å². The van der Waals surface area contributed by atoms with E-state index in [-0.39, 0.29) is 0 Å². The van der Waals surface area contributed by atoms with Crippen molar-refractivity contribution in [2.45, 2.75) is 39.2 Å². The second-order valence-electron chi connectivity index (χ2n) is 5.93. The normalized spacial score (nSPS) is 24.2. The second-order valence-corrected chi connectivity index (χ2v) is 5.93. The van der Waals surface area contributed by atoms with Crippen molar-refractivity contribution in [1.82, 2.24) is 9.80 Å². The molecule has 0 N–H and O–H groups in total. The highest BCUT2D eigenvalue weighted by Gasteiger charge is 2.29. The summed E-state index contributed by atoms with van der Waals surface area (Å²) in [6.07, 6.45) is 4.22. The Kier molecular flexibility index (Phi) is 5.26. The van der Waals surface area contributed by atoms with Crippen molar-refractivity contribution >= 4 is 0 Å². The Labute approximate surface area is 106 Å². The van der Waals surface area contributed by atoms with E-state index in [0.29, 0.717) is 5.92 Å². The molecule has 0 unspecified atom stereocenters. The molecular weight excluding hydrogens is 212 g/mol. The van der Waals surface area contributed by atoms with E-state index in [2.05, 4.69) is 23.6 Å². The summed E-state index contributed by atoms with van der Waals surface area (Å²) in [5.41, 5.74) is 0. The van der Waals surface area contributed by atoms with Gasteiger partial charge >= 0.3 is 0 Å². The van der Waals surface area contributed by atoms with Gasteiger partial charge in [-0.15, -0.1) is 0 Å². The largest absolute Gasteiger partial charge is 0.380 e. The fourth-order valence-corrected chi connectivity index (χ4v) is 2.53. The van der Waals surface area contributed by atoms with Crippen LogP contribution in [0.4, 0.5) is 0 Å². The van der Waals surface area contributed by atoms with Crippen molar-refractivity contribution in [3.63, 3.8) is 0 Å². The van der Waals surface area contributed by atoms with Crippen LogP contribution in [0.15, 0.2) is 0 Å². The molecule has 0 aromatic heterocycles. The highest BCUT2D eigenvalue weighted by Crippen LogP contribution is 2.27. The topological polar surface area (TPSA) is 15.7 Å². The van der Waals surface area contributed by atoms with Gasteiger partial charge in [0.05, 0.1) is 6.61 Å². The average Bonchev–Trinajstić information content (AvgIpc) is 3.10. The number of hydrogen-bond donors (Lipinski definition) is 0. The van der Waals surface area contributed by atoms with Crippen molar-refractivity contribution in [3.8, 4) is 0 Å². The van der Waals surface area contributed by atoms with Crippen molar-refractivity contribution < 1.29 is 4.74 Å². The number of nitrogens with zero attached hydrogens (tertiary/aromatic N) is 2. The molecule has 2 rings (SSSR count). The lowest BCUT2D eigenvalue weighted by atomic mass is 10.2. The van der Waals surface area contributed by atoms with Crippen LogP contribution in [0.2, 0.25) is 0 Å². The van der Waals surface area contributed by atoms with Gasteiger partial charge < -0.3 is 4.74 Å². The summed E-state index contributed by atoms with van der Waals surface area (Å²) in [4.78, 5) is 5.26. The predicted octanol–water partition coefficient (Wildman–Crippen LogP) is 1.83. The minimum atomic E-state index is 0.657. The SMILES string of the molecule is CC(C)COCCN1CCCN(C2CC2)CC1. The van der Waals surface area contributed by atoms with Crippen LogP contribution in [-0.2, 0) is 4.74 Å². The first kappa shape index (κ1) is 13.3. The maximum Gasteiger partial charge on any atom is 0.0593 e. The van der Waals surface area contributed by atoms with Gasteiger partial charge in [0.1, 0.15) is 0 Å². The molecule has 3 nitrogen and oxygen atoms in total. The minimum absolute atomic E-state index is 0.657. The summed E-state index contributed by atoms with van der Waals surface area (Å²) in [6, 6.07) is 0.937. The maximum atomic E-state index is 5.67. The maximum absolute atomic E-state index is 5.67. The number of rotatable bonds is 6. The van der Waals surface area contributed by atoms with Gasteiger partial charge in [0.2, 0.25) is 0 Å². The van der Waals surface area contributed by atoms with E-state index in [9.17, 15) is 0 Å². The predicted molar refractivity (Wildman–Crippen MR) is 71.3 cm³/mol. The average molecular weight is 240 g/mol. The van der Waals surface area contributed by atoms with Crippen LogP contribution >= 0.6 is 0 Å². The highest BCUT2D eigenvalue weighted by molar-refractivity contribution is 4.86. The zero-order valence-electron chi connectivity index (χ0n) is 11.5. The molecule has 0 atom stereocenters. The van der Waals surface area contributed by atoms with Crippen LogP contribution < -0.4 is 0 Å². The van der Waals surface area contributed by atoms with E-state index in [1.165, 1.54) is 45.4 Å². The van der Waals surface area contributed by atoms with Crippen molar-refractivity contribution in [3.05, 3.63) is 0 Å². The third-order valence-electron chi connectivity index (χ3n) is 3.69. The summed E-state index contributed by atoms with van der Waals surface area (Å²) >= 11 is 0. The molecule has 0 aromatic carbocycles. The lowest BCUT2D eigenvalue weighted by Crippen LogP contribution is -2.33. The van der Waals surface area contributed by atoms with Crippen molar-refractivity contribution in [2.75, 3.05) is 45.9 Å². The van der Waals surface area contributed by atoms with Gasteiger partial charge in [0.15, 0.2) is 0 Å². The van der Waals surface area contributed by atoms with E-state index in [4.69, 9.17) is 4.74 Å². The molecule has 3 heteroatoms. The number of hydrogen-bond acceptors (Lipinski definition) is 3. The lowest BCUT2D eigenvalue weighted by molar-refractivity contribution is 0.0861. The van der Waals surface area contributed by atoms with Crippen LogP contribution in [0.3, 0.4) is 0 Å². The zero-order chi connectivity index (χ0) is 12.1. The van der Waals surface area contributed by atoms with Gasteiger partial charge in [-0.25, -0.2) is 0 Å². The quantitative estimate of drug-likeness (QED) is 0.659. The Morgan fingerprint density at radius 3 is 2.65 bits per heavy atom. The highest BCUT2D eigenvalue weighted by atomic mass is 16.5. The molecule has 1 saturated heterocycles. The van der Waals surface area contributed by atoms with Crippen LogP contribution in [0.25, 0.3) is 0 Å². The van der Waals surface area contributed by atoms with Crippen molar-refractivity contribution in [1.29, 1.82) is 0 Å². The summed E-state index contributed by atoms with van der Waals surface area (Å²) in [5.74, 6) is 0.657. The van der Waals surface area contributed by atoms with E-state index < -0.39 is 0 Å². The van der Waals surface area contributed by atoms with Gasteiger partial charge in [-0.2, -0.15) is 0 Å². The first-order valence-corrected chi connectivity index (χ1v) is 7.30. The Morgan fingerprint density at radius 1 is 1.12 bits per heavy atom. The van der Waals surface area contributed by atoms with Gasteiger partial charge in [-0.1, -0.05) is 13.8 Å². The van der Waals surface area contributed by atoms with Crippen LogP contribution in [0.5, 0.6) is 0 Å². The molecule has 100 valence electrons. The minimum Gasteiger partial charge on any atom is -0.380 e. The Bertz CT molecular complexity index is 216. The summed E-state index contributed by atoms with van der Waals surface area (Å²) in [6.45, 7) is 12.4. The van der Waals surface area contributed by atoms with E-state index >= 15 is 0 Å². The van der Waals surface area contributed by atoms with Crippen LogP contribution in [-0.4, -0.2) is 61.8 Å². The first-order valence-electron chi connectivity index (χ1n) is 7.30. The number of ether oxygens (including phenoxy) is 1. The molecule has 1 aliphatic heterocycles. The van der Waals surface area contributed by atoms with E-state index in [0.717, 1.165) is 25.8 Å². The molecule has 1 heterocycles. The van der Waals surface area contributed by atoms with Gasteiger partial charge in [-0.3, -0.25) is 9.80 Å². The summed E-state index contributed by atoms with van der Waals surface area (Å²) < 4.78 is 5.67. The fraction of sp³-hybridized carbons (Fsp3) is 1.00. The third-order valence-corrected chi connectivity index (χ3v) is 3.69. The Balaban J connectivity index is 1.58. The monoisotopic (exact) mass is 240 g/mol. The first-order chi connectivity index (χ1) is 8.25. The molecule has 0 amide bonds. The summed E-state index contributed by atoms with van der Waals surface area (Å²) in [7, 11) is 0. The van der Waals surface area contributed by atoms with Gasteiger partial charge in [0, 0.05) is 32.3 Å². The Morgan fingerprint density at radius 2 is 1.94 bits per heavy atom. The van der Waals surface area contributed by atoms with Gasteiger partial charge in [0.25, 0.3) is 0 Å². The molecule has 17 heavy (non-hydrogen) atoms. The second kappa shape index (κ2) is 6.72. The molecular formula is C14H28N2O. The molecule has 1 saturated carbocycles. The zero-order valence-corrected chi connectivity index (χ0v) is 11.5. The molecule has 2 aliphatic rings. The third kappa shape index (κ3) is 4.94. The molecule has 1 aliphatic carbocycles. The molecule has 0 aromatic rings. The van der Waals surface area contributed by atoms with E-state index in [1.54, 1.807) is 0 Å². The van der Waals surface area contributed by atoms with Crippen LogP contribution in [0, 0.1) is 5.92 Å². The summed E-state index contributed by atoms with van der Waals surface area (Å²) in [5, 5.41) is 0.